The molecule has 24 heavy (non-hydrogen) atoms. The molecule has 0 aliphatic rings. The van der Waals surface area contributed by atoms with Gasteiger partial charge < -0.3 is 10.1 Å². The maximum absolute atomic E-state index is 12.2. The Kier molecular flexibility index (Phi) is 4.66. The molecule has 0 radical (unpaired) electrons. The number of benzene rings is 1. The second kappa shape index (κ2) is 6.88. The number of rotatable bonds is 5. The highest BCUT2D eigenvalue weighted by Gasteiger charge is 2.13. The number of amides is 1. The highest BCUT2D eigenvalue weighted by atomic mass is 79.9. The summed E-state index contributed by atoms with van der Waals surface area (Å²) in [6, 6.07) is 7.53. The molecule has 3 aromatic rings. The standard InChI is InChI=1S/C16H16BrN5O2/c1-11-15(8-18-21(11)2)16(23)20-13-7-19-22(9-13)10-24-14-5-3-12(17)4-6-14/h3-9H,10H2,1-2H3,(H,20,23). The van der Waals surface area contributed by atoms with Crippen LogP contribution in [0.3, 0.4) is 0 Å². The molecule has 7 nitrogen and oxygen atoms in total. The van der Waals surface area contributed by atoms with E-state index in [1.54, 1.807) is 35.0 Å². The Morgan fingerprint density at radius 2 is 2.00 bits per heavy atom. The van der Waals surface area contributed by atoms with E-state index in [0.717, 1.165) is 15.9 Å². The van der Waals surface area contributed by atoms with E-state index in [9.17, 15) is 4.79 Å². The summed E-state index contributed by atoms with van der Waals surface area (Å²) < 4.78 is 9.88. The normalized spacial score (nSPS) is 10.6. The Balaban J connectivity index is 1.60. The van der Waals surface area contributed by atoms with E-state index in [1.807, 2.05) is 31.2 Å². The molecule has 0 aliphatic carbocycles. The van der Waals surface area contributed by atoms with Crippen LogP contribution < -0.4 is 10.1 Å². The lowest BCUT2D eigenvalue weighted by Gasteiger charge is -2.06. The first kappa shape index (κ1) is 16.3. The monoisotopic (exact) mass is 389 g/mol. The molecule has 2 aromatic heterocycles. The second-order valence-electron chi connectivity index (χ2n) is 5.22. The number of hydrogen-bond acceptors (Lipinski definition) is 4. The molecule has 0 spiro atoms. The number of ether oxygens (including phenoxy) is 1. The van der Waals surface area contributed by atoms with Crippen molar-refractivity contribution < 1.29 is 9.53 Å². The minimum atomic E-state index is -0.214. The predicted molar refractivity (Wildman–Crippen MR) is 92.9 cm³/mol. The van der Waals surface area contributed by atoms with Crippen molar-refractivity contribution in [3.8, 4) is 5.75 Å². The van der Waals surface area contributed by atoms with Crippen LogP contribution in [0.1, 0.15) is 16.1 Å². The molecule has 0 atom stereocenters. The number of hydrogen-bond donors (Lipinski definition) is 1. The number of anilines is 1. The van der Waals surface area contributed by atoms with Crippen LogP contribution in [0.25, 0.3) is 0 Å². The number of nitrogens with zero attached hydrogens (tertiary/aromatic N) is 4. The Hall–Kier alpha value is -2.61. The number of carbonyl (C=O) groups is 1. The van der Waals surface area contributed by atoms with Gasteiger partial charge in [0, 0.05) is 17.2 Å². The summed E-state index contributed by atoms with van der Waals surface area (Å²) in [7, 11) is 1.80. The first-order chi connectivity index (χ1) is 11.5. The topological polar surface area (TPSA) is 74.0 Å². The van der Waals surface area contributed by atoms with Gasteiger partial charge in [-0.05, 0) is 31.2 Å². The first-order valence-electron chi connectivity index (χ1n) is 7.23. The van der Waals surface area contributed by atoms with Gasteiger partial charge in [0.25, 0.3) is 5.91 Å². The van der Waals surface area contributed by atoms with Gasteiger partial charge in [-0.3, -0.25) is 9.48 Å². The van der Waals surface area contributed by atoms with E-state index in [1.165, 1.54) is 0 Å². The Labute approximate surface area is 147 Å². The third-order valence-corrected chi connectivity index (χ3v) is 4.08. The van der Waals surface area contributed by atoms with E-state index in [4.69, 9.17) is 4.74 Å². The minimum absolute atomic E-state index is 0.214. The molecule has 1 amide bonds. The Morgan fingerprint density at radius 1 is 1.25 bits per heavy atom. The van der Waals surface area contributed by atoms with Gasteiger partial charge in [0.15, 0.2) is 6.73 Å². The van der Waals surface area contributed by atoms with Gasteiger partial charge in [-0.2, -0.15) is 10.2 Å². The zero-order valence-electron chi connectivity index (χ0n) is 13.2. The van der Waals surface area contributed by atoms with Crippen LogP contribution in [0, 0.1) is 6.92 Å². The van der Waals surface area contributed by atoms with E-state index in [2.05, 4.69) is 31.4 Å². The molecule has 0 unspecified atom stereocenters. The van der Waals surface area contributed by atoms with Crippen LogP contribution in [0.15, 0.2) is 47.3 Å². The maximum atomic E-state index is 12.2. The summed E-state index contributed by atoms with van der Waals surface area (Å²) >= 11 is 3.37. The molecule has 0 saturated heterocycles. The van der Waals surface area contributed by atoms with Gasteiger partial charge in [-0.1, -0.05) is 15.9 Å². The van der Waals surface area contributed by atoms with Crippen LogP contribution in [0.5, 0.6) is 5.75 Å². The second-order valence-corrected chi connectivity index (χ2v) is 6.13. The molecule has 2 heterocycles. The molecular formula is C16H16BrN5O2. The summed E-state index contributed by atoms with van der Waals surface area (Å²) in [4.78, 5) is 12.2. The van der Waals surface area contributed by atoms with Crippen LogP contribution in [-0.4, -0.2) is 25.5 Å². The van der Waals surface area contributed by atoms with Crippen molar-refractivity contribution in [1.29, 1.82) is 0 Å². The van der Waals surface area contributed by atoms with E-state index < -0.39 is 0 Å². The average Bonchev–Trinajstić information content (AvgIpc) is 3.14. The molecule has 0 bridgehead atoms. The van der Waals surface area contributed by atoms with Crippen molar-refractivity contribution in [2.24, 2.45) is 7.05 Å². The summed E-state index contributed by atoms with van der Waals surface area (Å²) in [5.74, 6) is 0.527. The van der Waals surface area contributed by atoms with E-state index in [-0.39, 0.29) is 12.6 Å². The highest BCUT2D eigenvalue weighted by molar-refractivity contribution is 9.10. The summed E-state index contributed by atoms with van der Waals surface area (Å²) in [6.45, 7) is 2.10. The average molecular weight is 390 g/mol. The highest BCUT2D eigenvalue weighted by Crippen LogP contribution is 2.17. The lowest BCUT2D eigenvalue weighted by atomic mass is 10.2. The number of nitrogens with one attached hydrogen (secondary N) is 1. The molecule has 0 fully saturated rings. The SMILES string of the molecule is Cc1c(C(=O)Nc2cnn(COc3ccc(Br)cc3)c2)cnn1C. The van der Waals surface area contributed by atoms with Crippen LogP contribution in [0.4, 0.5) is 5.69 Å². The maximum Gasteiger partial charge on any atom is 0.259 e. The first-order valence-corrected chi connectivity index (χ1v) is 8.03. The van der Waals surface area contributed by atoms with Crippen LogP contribution in [0.2, 0.25) is 0 Å². The summed E-state index contributed by atoms with van der Waals surface area (Å²) in [6.07, 6.45) is 4.84. The Bertz CT molecular complexity index is 854. The zero-order valence-corrected chi connectivity index (χ0v) is 14.8. The number of carbonyl (C=O) groups excluding carboxylic acids is 1. The predicted octanol–water partition coefficient (Wildman–Crippen LogP) is 2.98. The van der Waals surface area contributed by atoms with Crippen molar-refractivity contribution in [2.75, 3.05) is 5.32 Å². The smallest absolute Gasteiger partial charge is 0.259 e. The molecule has 0 aliphatic heterocycles. The van der Waals surface area contributed by atoms with Gasteiger partial charge in [-0.15, -0.1) is 0 Å². The van der Waals surface area contributed by atoms with Crippen LogP contribution in [-0.2, 0) is 13.8 Å². The molecule has 8 heteroatoms. The molecular weight excluding hydrogens is 374 g/mol. The molecule has 124 valence electrons. The third-order valence-electron chi connectivity index (χ3n) is 3.55. The van der Waals surface area contributed by atoms with Gasteiger partial charge in [-0.25, -0.2) is 4.68 Å². The lowest BCUT2D eigenvalue weighted by molar-refractivity contribution is 0.102. The summed E-state index contributed by atoms with van der Waals surface area (Å²) in [5.41, 5.74) is 1.94. The molecule has 0 saturated carbocycles. The van der Waals surface area contributed by atoms with Gasteiger partial charge >= 0.3 is 0 Å². The summed E-state index contributed by atoms with van der Waals surface area (Å²) in [5, 5.41) is 11.0. The van der Waals surface area contributed by atoms with Crippen molar-refractivity contribution in [3.63, 3.8) is 0 Å². The van der Waals surface area contributed by atoms with Crippen molar-refractivity contribution in [2.45, 2.75) is 13.7 Å². The van der Waals surface area contributed by atoms with E-state index in [0.29, 0.717) is 11.3 Å². The van der Waals surface area contributed by atoms with Gasteiger partial charge in [0.2, 0.25) is 0 Å². The Morgan fingerprint density at radius 3 is 2.67 bits per heavy atom. The van der Waals surface area contributed by atoms with E-state index >= 15 is 0 Å². The van der Waals surface area contributed by atoms with Crippen molar-refractivity contribution >= 4 is 27.5 Å². The van der Waals surface area contributed by atoms with Gasteiger partial charge in [0.05, 0.1) is 29.8 Å². The fourth-order valence-corrected chi connectivity index (χ4v) is 2.35. The zero-order chi connectivity index (χ0) is 17.1. The minimum Gasteiger partial charge on any atom is -0.471 e. The molecule has 1 N–H and O–H groups in total. The molecule has 3 rings (SSSR count). The molecule has 1 aromatic carbocycles. The van der Waals surface area contributed by atoms with Gasteiger partial charge in [0.1, 0.15) is 5.75 Å². The number of aromatic nitrogens is 4. The van der Waals surface area contributed by atoms with Crippen molar-refractivity contribution in [1.82, 2.24) is 19.6 Å². The van der Waals surface area contributed by atoms with Crippen LogP contribution >= 0.6 is 15.9 Å². The lowest BCUT2D eigenvalue weighted by Crippen LogP contribution is -2.12. The number of aryl methyl sites for hydroxylation is 1. The third kappa shape index (κ3) is 3.65. The quantitative estimate of drug-likeness (QED) is 0.727. The fraction of sp³-hybridized carbons (Fsp3) is 0.188. The largest absolute Gasteiger partial charge is 0.471 e. The fourth-order valence-electron chi connectivity index (χ4n) is 2.09. The van der Waals surface area contributed by atoms with Crippen molar-refractivity contribution in [3.05, 3.63) is 58.6 Å². The number of halogens is 1.